The third-order valence-electron chi connectivity index (χ3n) is 2.37. The van der Waals surface area contributed by atoms with Crippen LogP contribution in [-0.2, 0) is 6.42 Å². The molecule has 0 bridgehead atoms. The summed E-state index contributed by atoms with van der Waals surface area (Å²) >= 11 is 0. The minimum atomic E-state index is -0.353. The van der Waals surface area contributed by atoms with Gasteiger partial charge in [-0.25, -0.2) is 0 Å². The lowest BCUT2D eigenvalue weighted by atomic mass is 10.1. The molecule has 0 aliphatic carbocycles. The van der Waals surface area contributed by atoms with Crippen LogP contribution in [0.25, 0.3) is 0 Å². The van der Waals surface area contributed by atoms with Crippen molar-refractivity contribution in [1.29, 1.82) is 0 Å². The Balaban J connectivity index is 2.00. The number of amides is 1. The van der Waals surface area contributed by atoms with Crippen LogP contribution in [0, 0.1) is 0 Å². The van der Waals surface area contributed by atoms with E-state index in [4.69, 9.17) is 4.52 Å². The van der Waals surface area contributed by atoms with Gasteiger partial charge in [-0.2, -0.15) is 0 Å². The van der Waals surface area contributed by atoms with Gasteiger partial charge in [0.05, 0.1) is 11.9 Å². The molecule has 0 fully saturated rings. The molecule has 0 aliphatic heterocycles. The molecule has 0 saturated heterocycles. The zero-order chi connectivity index (χ0) is 12.1. The molecule has 1 aromatic carbocycles. The molecule has 88 valence electrons. The number of hydrogen-bond acceptors (Lipinski definition) is 4. The van der Waals surface area contributed by atoms with Gasteiger partial charge in [0.15, 0.2) is 0 Å². The second-order valence-corrected chi connectivity index (χ2v) is 3.47. The van der Waals surface area contributed by atoms with Gasteiger partial charge in [0.1, 0.15) is 0 Å². The molecule has 1 aromatic heterocycles. The number of aromatic nitrogens is 1. The van der Waals surface area contributed by atoms with Gasteiger partial charge in [0, 0.05) is 6.07 Å². The molecule has 1 amide bonds. The van der Waals surface area contributed by atoms with Gasteiger partial charge in [-0.15, -0.1) is 0 Å². The Labute approximate surface area is 98.8 Å². The number of hydrogen-bond donors (Lipinski definition) is 2. The molecule has 0 saturated carbocycles. The van der Waals surface area contributed by atoms with E-state index >= 15 is 0 Å². The summed E-state index contributed by atoms with van der Waals surface area (Å²) in [6.07, 6.45) is 2.32. The summed E-state index contributed by atoms with van der Waals surface area (Å²) in [5.41, 5.74) is 7.43. The summed E-state index contributed by atoms with van der Waals surface area (Å²) in [5, 5.41) is 3.47. The van der Waals surface area contributed by atoms with E-state index < -0.39 is 0 Å². The molecule has 2 aromatic rings. The molecule has 0 atom stereocenters. The van der Waals surface area contributed by atoms with E-state index in [0.717, 1.165) is 17.7 Å². The summed E-state index contributed by atoms with van der Waals surface area (Å²) < 4.78 is 4.74. The number of nitrogens with one attached hydrogen (secondary N) is 2. The SMILES string of the molecule is CCc1ccccc1NNC(=O)c1ccno1. The third kappa shape index (κ3) is 2.63. The Bertz CT molecular complexity index is 494. The number of carbonyl (C=O) groups is 1. The predicted molar refractivity (Wildman–Crippen MR) is 63.4 cm³/mol. The Kier molecular flexibility index (Phi) is 3.40. The van der Waals surface area contributed by atoms with Crippen LogP contribution in [0.4, 0.5) is 5.69 Å². The van der Waals surface area contributed by atoms with Crippen molar-refractivity contribution in [3.63, 3.8) is 0 Å². The van der Waals surface area contributed by atoms with Crippen molar-refractivity contribution in [2.45, 2.75) is 13.3 Å². The predicted octanol–water partition coefficient (Wildman–Crippen LogP) is 1.99. The van der Waals surface area contributed by atoms with Crippen LogP contribution < -0.4 is 10.9 Å². The molecule has 0 spiro atoms. The summed E-state index contributed by atoms with van der Waals surface area (Å²) in [7, 11) is 0. The van der Waals surface area contributed by atoms with Crippen LogP contribution in [0.5, 0.6) is 0 Å². The lowest BCUT2D eigenvalue weighted by molar-refractivity contribution is 0.0926. The molecule has 0 radical (unpaired) electrons. The quantitative estimate of drug-likeness (QED) is 0.790. The summed E-state index contributed by atoms with van der Waals surface area (Å²) in [6.45, 7) is 2.05. The third-order valence-corrected chi connectivity index (χ3v) is 2.37. The maximum Gasteiger partial charge on any atom is 0.308 e. The fourth-order valence-corrected chi connectivity index (χ4v) is 1.47. The summed E-state index contributed by atoms with van der Waals surface area (Å²) in [5.74, 6) is -0.181. The van der Waals surface area contributed by atoms with Crippen LogP contribution in [0.15, 0.2) is 41.1 Å². The second kappa shape index (κ2) is 5.16. The number of hydrazine groups is 1. The van der Waals surface area contributed by atoms with Crippen LogP contribution >= 0.6 is 0 Å². The van der Waals surface area contributed by atoms with Crippen molar-refractivity contribution in [1.82, 2.24) is 10.6 Å². The van der Waals surface area contributed by atoms with Gasteiger partial charge in [0.2, 0.25) is 5.76 Å². The molecule has 17 heavy (non-hydrogen) atoms. The van der Waals surface area contributed by atoms with Gasteiger partial charge >= 0.3 is 5.91 Å². The van der Waals surface area contributed by atoms with Gasteiger partial charge in [-0.1, -0.05) is 30.3 Å². The molecule has 5 nitrogen and oxygen atoms in total. The Morgan fingerprint density at radius 1 is 1.35 bits per heavy atom. The van der Waals surface area contributed by atoms with E-state index in [9.17, 15) is 4.79 Å². The highest BCUT2D eigenvalue weighted by Gasteiger charge is 2.09. The van der Waals surface area contributed by atoms with Crippen LogP contribution in [0.3, 0.4) is 0 Å². The standard InChI is InChI=1S/C12H13N3O2/c1-2-9-5-3-4-6-10(9)14-15-12(16)11-7-8-13-17-11/h3-8,14H,2H2,1H3,(H,15,16). The summed E-state index contributed by atoms with van der Waals surface area (Å²) in [4.78, 5) is 11.6. The van der Waals surface area contributed by atoms with Gasteiger partial charge < -0.3 is 4.52 Å². The number of nitrogens with zero attached hydrogens (tertiary/aromatic N) is 1. The first-order valence-corrected chi connectivity index (χ1v) is 5.36. The maximum atomic E-state index is 11.6. The number of anilines is 1. The lowest BCUT2D eigenvalue weighted by Gasteiger charge is -2.10. The highest BCUT2D eigenvalue weighted by atomic mass is 16.5. The van der Waals surface area contributed by atoms with Crippen molar-refractivity contribution in [3.8, 4) is 0 Å². The van der Waals surface area contributed by atoms with Crippen LogP contribution in [0.2, 0.25) is 0 Å². The summed E-state index contributed by atoms with van der Waals surface area (Å²) in [6, 6.07) is 9.27. The Morgan fingerprint density at radius 2 is 2.18 bits per heavy atom. The van der Waals surface area contributed by atoms with Crippen LogP contribution in [0.1, 0.15) is 23.0 Å². The van der Waals surface area contributed by atoms with E-state index in [0.29, 0.717) is 0 Å². The van der Waals surface area contributed by atoms with Crippen LogP contribution in [-0.4, -0.2) is 11.1 Å². The number of aryl methyl sites for hydroxylation is 1. The highest BCUT2D eigenvalue weighted by molar-refractivity contribution is 5.92. The Hall–Kier alpha value is -2.30. The van der Waals surface area contributed by atoms with E-state index in [1.807, 2.05) is 24.3 Å². The van der Waals surface area contributed by atoms with Crippen molar-refractivity contribution in [2.75, 3.05) is 5.43 Å². The van der Waals surface area contributed by atoms with Gasteiger partial charge in [-0.3, -0.25) is 15.6 Å². The second-order valence-electron chi connectivity index (χ2n) is 3.47. The fraction of sp³-hybridized carbons (Fsp3) is 0.167. The minimum Gasteiger partial charge on any atom is -0.351 e. The highest BCUT2D eigenvalue weighted by Crippen LogP contribution is 2.14. The number of para-hydroxylation sites is 1. The maximum absolute atomic E-state index is 11.6. The molecule has 1 heterocycles. The average molecular weight is 231 g/mol. The first-order valence-electron chi connectivity index (χ1n) is 5.36. The van der Waals surface area contributed by atoms with E-state index in [2.05, 4.69) is 22.9 Å². The van der Waals surface area contributed by atoms with E-state index in [1.54, 1.807) is 0 Å². The number of carbonyl (C=O) groups excluding carboxylic acids is 1. The van der Waals surface area contributed by atoms with E-state index in [-0.39, 0.29) is 11.7 Å². The molecule has 0 aliphatic rings. The first-order chi connectivity index (χ1) is 8.31. The smallest absolute Gasteiger partial charge is 0.308 e. The Morgan fingerprint density at radius 3 is 2.88 bits per heavy atom. The normalized spacial score (nSPS) is 9.94. The van der Waals surface area contributed by atoms with Gasteiger partial charge in [0.25, 0.3) is 0 Å². The number of benzene rings is 1. The fourth-order valence-electron chi connectivity index (χ4n) is 1.47. The molecule has 0 unspecified atom stereocenters. The zero-order valence-electron chi connectivity index (χ0n) is 9.43. The number of rotatable bonds is 4. The van der Waals surface area contributed by atoms with Crippen molar-refractivity contribution in [3.05, 3.63) is 47.9 Å². The molecule has 2 rings (SSSR count). The first kappa shape index (κ1) is 11.2. The van der Waals surface area contributed by atoms with Crippen molar-refractivity contribution >= 4 is 11.6 Å². The average Bonchev–Trinajstić information content (AvgIpc) is 2.90. The molecule has 2 N–H and O–H groups in total. The molecular weight excluding hydrogens is 218 g/mol. The topological polar surface area (TPSA) is 67.2 Å². The van der Waals surface area contributed by atoms with Crippen molar-refractivity contribution < 1.29 is 9.32 Å². The monoisotopic (exact) mass is 231 g/mol. The largest absolute Gasteiger partial charge is 0.351 e. The van der Waals surface area contributed by atoms with E-state index in [1.165, 1.54) is 12.3 Å². The van der Waals surface area contributed by atoms with Crippen molar-refractivity contribution in [2.24, 2.45) is 0 Å². The zero-order valence-corrected chi connectivity index (χ0v) is 9.43. The van der Waals surface area contributed by atoms with Gasteiger partial charge in [-0.05, 0) is 18.1 Å². The molecule has 5 heteroatoms. The molecular formula is C12H13N3O2. The minimum absolute atomic E-state index is 0.173. The lowest BCUT2D eigenvalue weighted by Crippen LogP contribution is -2.29.